The van der Waals surface area contributed by atoms with Gasteiger partial charge in [-0.25, -0.2) is 8.42 Å². The Kier molecular flexibility index (Phi) is 5.58. The van der Waals surface area contributed by atoms with Gasteiger partial charge in [-0.1, -0.05) is 60.2 Å². The van der Waals surface area contributed by atoms with Crippen LogP contribution in [0.4, 0.5) is 13.2 Å². The van der Waals surface area contributed by atoms with E-state index in [1.807, 2.05) is 6.92 Å². The van der Waals surface area contributed by atoms with Gasteiger partial charge in [0.1, 0.15) is 0 Å². The number of hydrogen-bond donors (Lipinski definition) is 1. The van der Waals surface area contributed by atoms with Crippen molar-refractivity contribution >= 4 is 10.0 Å². The van der Waals surface area contributed by atoms with Crippen molar-refractivity contribution in [2.45, 2.75) is 24.0 Å². The predicted octanol–water partition coefficient (Wildman–Crippen LogP) is 5.08. The van der Waals surface area contributed by atoms with E-state index < -0.39 is 27.8 Å². The Balaban J connectivity index is 2.05. The van der Waals surface area contributed by atoms with E-state index in [9.17, 15) is 21.6 Å². The maximum absolute atomic E-state index is 13.1. The van der Waals surface area contributed by atoms with Crippen molar-refractivity contribution in [2.24, 2.45) is 0 Å². The first-order valence-electron chi connectivity index (χ1n) is 8.48. The highest BCUT2D eigenvalue weighted by Gasteiger charge is 2.32. The summed E-state index contributed by atoms with van der Waals surface area (Å²) < 4.78 is 67.7. The second-order valence-corrected chi connectivity index (χ2v) is 8.12. The van der Waals surface area contributed by atoms with Gasteiger partial charge in [-0.3, -0.25) is 0 Å². The van der Waals surface area contributed by atoms with E-state index in [4.69, 9.17) is 0 Å². The van der Waals surface area contributed by atoms with Gasteiger partial charge in [-0.05, 0) is 42.3 Å². The quantitative estimate of drug-likeness (QED) is 0.643. The van der Waals surface area contributed by atoms with Crippen molar-refractivity contribution in [1.82, 2.24) is 4.72 Å². The minimum atomic E-state index is -4.52. The molecule has 0 fully saturated rings. The van der Waals surface area contributed by atoms with Crippen molar-refractivity contribution in [2.75, 3.05) is 0 Å². The number of benzene rings is 3. The standard InChI is InChI=1S/C21H18F3NO2S/c1-15-10-12-19(13-11-15)28(26,27)25-20(16-6-3-2-4-7-16)17-8-5-9-18(14-17)21(22,23)24/h2-14,20,25H,1H3. The van der Waals surface area contributed by atoms with Crippen LogP contribution < -0.4 is 4.72 Å². The third-order valence-corrected chi connectivity index (χ3v) is 5.72. The van der Waals surface area contributed by atoms with Crippen LogP contribution in [0.15, 0.2) is 83.8 Å². The van der Waals surface area contributed by atoms with Crippen LogP contribution in [0.3, 0.4) is 0 Å². The Hall–Kier alpha value is -2.64. The van der Waals surface area contributed by atoms with Crippen LogP contribution in [0.25, 0.3) is 0 Å². The summed E-state index contributed by atoms with van der Waals surface area (Å²) in [5.41, 5.74) is 0.811. The van der Waals surface area contributed by atoms with E-state index in [-0.39, 0.29) is 10.5 Å². The Bertz CT molecular complexity index is 1050. The Labute approximate surface area is 161 Å². The zero-order chi connectivity index (χ0) is 20.4. The molecule has 0 spiro atoms. The first-order chi connectivity index (χ1) is 13.2. The van der Waals surface area contributed by atoms with Gasteiger partial charge in [0.2, 0.25) is 10.0 Å². The lowest BCUT2D eigenvalue weighted by Crippen LogP contribution is -2.29. The van der Waals surface area contributed by atoms with Gasteiger partial charge in [-0.2, -0.15) is 17.9 Å². The van der Waals surface area contributed by atoms with Crippen molar-refractivity contribution in [3.8, 4) is 0 Å². The Morgan fingerprint density at radius 3 is 2.04 bits per heavy atom. The number of nitrogens with one attached hydrogen (secondary N) is 1. The van der Waals surface area contributed by atoms with E-state index in [1.165, 1.54) is 24.3 Å². The summed E-state index contributed by atoms with van der Waals surface area (Å²) in [7, 11) is -3.95. The fourth-order valence-corrected chi connectivity index (χ4v) is 4.02. The van der Waals surface area contributed by atoms with Crippen LogP contribution in [-0.2, 0) is 16.2 Å². The van der Waals surface area contributed by atoms with Gasteiger partial charge in [0.05, 0.1) is 16.5 Å². The van der Waals surface area contributed by atoms with Crippen molar-refractivity contribution in [3.63, 3.8) is 0 Å². The van der Waals surface area contributed by atoms with Crippen molar-refractivity contribution in [3.05, 3.63) is 101 Å². The summed E-state index contributed by atoms with van der Waals surface area (Å²) in [5, 5.41) is 0. The monoisotopic (exact) mass is 405 g/mol. The molecule has 0 bridgehead atoms. The maximum Gasteiger partial charge on any atom is 0.416 e. The first kappa shape index (κ1) is 20.1. The average Bonchev–Trinajstić information content (AvgIpc) is 2.67. The summed E-state index contributed by atoms with van der Waals surface area (Å²) in [4.78, 5) is 0.0472. The van der Waals surface area contributed by atoms with E-state index in [0.717, 1.165) is 17.7 Å². The number of hydrogen-bond acceptors (Lipinski definition) is 2. The highest BCUT2D eigenvalue weighted by atomic mass is 32.2. The lowest BCUT2D eigenvalue weighted by molar-refractivity contribution is -0.137. The molecule has 146 valence electrons. The van der Waals surface area contributed by atoms with Crippen LogP contribution >= 0.6 is 0 Å². The smallest absolute Gasteiger partial charge is 0.207 e. The molecule has 0 radical (unpaired) electrons. The number of aryl methyl sites for hydroxylation is 1. The molecule has 0 aliphatic rings. The SMILES string of the molecule is Cc1ccc(S(=O)(=O)NC(c2ccccc2)c2cccc(C(F)(F)F)c2)cc1. The van der Waals surface area contributed by atoms with E-state index in [2.05, 4.69) is 4.72 Å². The van der Waals surface area contributed by atoms with Crippen molar-refractivity contribution in [1.29, 1.82) is 0 Å². The molecule has 0 aliphatic carbocycles. The van der Waals surface area contributed by atoms with E-state index >= 15 is 0 Å². The van der Waals surface area contributed by atoms with Gasteiger partial charge in [0, 0.05) is 0 Å². The third kappa shape index (κ3) is 4.61. The van der Waals surface area contributed by atoms with Crippen molar-refractivity contribution < 1.29 is 21.6 Å². The number of sulfonamides is 1. The molecule has 3 aromatic rings. The van der Waals surface area contributed by atoms with Gasteiger partial charge < -0.3 is 0 Å². The molecule has 3 aromatic carbocycles. The summed E-state index contributed by atoms with van der Waals surface area (Å²) in [6.07, 6.45) is -4.52. The topological polar surface area (TPSA) is 46.2 Å². The zero-order valence-electron chi connectivity index (χ0n) is 14.9. The molecule has 3 rings (SSSR count). The molecule has 0 saturated carbocycles. The van der Waals surface area contributed by atoms with Crippen LogP contribution in [0.2, 0.25) is 0 Å². The normalized spacial score (nSPS) is 13.3. The minimum absolute atomic E-state index is 0.0472. The molecule has 1 atom stereocenters. The molecular weight excluding hydrogens is 387 g/mol. The molecule has 1 unspecified atom stereocenters. The lowest BCUT2D eigenvalue weighted by atomic mass is 9.98. The molecule has 0 heterocycles. The molecule has 0 aliphatic heterocycles. The number of rotatable bonds is 5. The second-order valence-electron chi connectivity index (χ2n) is 6.40. The molecular formula is C21H18F3NO2S. The second kappa shape index (κ2) is 7.77. The molecule has 3 nitrogen and oxygen atoms in total. The largest absolute Gasteiger partial charge is 0.416 e. The first-order valence-corrected chi connectivity index (χ1v) is 9.96. The average molecular weight is 405 g/mol. The number of alkyl halides is 3. The molecule has 0 amide bonds. The molecule has 7 heteroatoms. The van der Waals surface area contributed by atoms with Crippen LogP contribution in [0, 0.1) is 6.92 Å². The molecule has 0 saturated heterocycles. The fraction of sp³-hybridized carbons (Fsp3) is 0.143. The maximum atomic E-state index is 13.1. The van der Waals surface area contributed by atoms with E-state index in [1.54, 1.807) is 42.5 Å². The zero-order valence-corrected chi connectivity index (χ0v) is 15.8. The van der Waals surface area contributed by atoms with Gasteiger partial charge in [0.15, 0.2) is 0 Å². The highest BCUT2D eigenvalue weighted by Crippen LogP contribution is 2.32. The van der Waals surface area contributed by atoms with Gasteiger partial charge in [-0.15, -0.1) is 0 Å². The summed E-state index contributed by atoms with van der Waals surface area (Å²) >= 11 is 0. The molecule has 0 aromatic heterocycles. The summed E-state index contributed by atoms with van der Waals surface area (Å²) in [5.74, 6) is 0. The predicted molar refractivity (Wildman–Crippen MR) is 101 cm³/mol. The van der Waals surface area contributed by atoms with Crippen LogP contribution in [0.1, 0.15) is 28.3 Å². The number of halogens is 3. The fourth-order valence-electron chi connectivity index (χ4n) is 2.81. The third-order valence-electron chi connectivity index (χ3n) is 4.28. The van der Waals surface area contributed by atoms with Crippen LogP contribution in [0.5, 0.6) is 0 Å². The lowest BCUT2D eigenvalue weighted by Gasteiger charge is -2.21. The van der Waals surface area contributed by atoms with Gasteiger partial charge in [0.25, 0.3) is 0 Å². The molecule has 28 heavy (non-hydrogen) atoms. The summed E-state index contributed by atoms with van der Waals surface area (Å²) in [6.45, 7) is 1.83. The Morgan fingerprint density at radius 1 is 0.821 bits per heavy atom. The minimum Gasteiger partial charge on any atom is -0.207 e. The highest BCUT2D eigenvalue weighted by molar-refractivity contribution is 7.89. The van der Waals surface area contributed by atoms with E-state index in [0.29, 0.717) is 5.56 Å². The van der Waals surface area contributed by atoms with Crippen LogP contribution in [-0.4, -0.2) is 8.42 Å². The Morgan fingerprint density at radius 2 is 1.43 bits per heavy atom. The summed E-state index contributed by atoms with van der Waals surface area (Å²) in [6, 6.07) is 18.5. The molecule has 1 N–H and O–H groups in total. The van der Waals surface area contributed by atoms with Gasteiger partial charge >= 0.3 is 6.18 Å².